The number of carbonyl (C=O) groups excluding carboxylic acids is 2. The molecule has 0 spiro atoms. The van der Waals surface area contributed by atoms with Gasteiger partial charge in [0.05, 0.1) is 0 Å². The number of carbonyl (C=O) groups is 3. The van der Waals surface area contributed by atoms with E-state index in [1.165, 1.54) is 0 Å². The van der Waals surface area contributed by atoms with Crippen molar-refractivity contribution in [1.29, 1.82) is 0 Å². The molecule has 0 fully saturated rings. The third kappa shape index (κ3) is 8.06. The first kappa shape index (κ1) is 15.2. The van der Waals surface area contributed by atoms with Gasteiger partial charge in [0.1, 0.15) is 11.6 Å². The minimum atomic E-state index is -1.15. The number of hydrogen-bond donors (Lipinski definition) is 3. The molecule has 0 aromatic heterocycles. The lowest BCUT2D eigenvalue weighted by molar-refractivity contribution is -0.140. The largest absolute Gasteiger partial charge is 0.480 e. The fourth-order valence-electron chi connectivity index (χ4n) is 0.993. The molecule has 0 saturated carbocycles. The summed E-state index contributed by atoms with van der Waals surface area (Å²) in [6, 6.07) is -1.01. The Morgan fingerprint density at radius 2 is 2.00 bits per heavy atom. The minimum absolute atomic E-state index is 0.0906. The normalized spacial score (nSPS) is 12.4. The number of aliphatic carboxylic acids is 1. The van der Waals surface area contributed by atoms with E-state index in [4.69, 9.17) is 9.84 Å². The molecule has 0 aliphatic heterocycles. The number of carboxylic acid groups (broad SMARTS) is 1. The van der Waals surface area contributed by atoms with Crippen molar-refractivity contribution in [2.75, 3.05) is 6.54 Å². The third-order valence-corrected chi connectivity index (χ3v) is 1.67. The molecule has 1 unspecified atom stereocenters. The van der Waals surface area contributed by atoms with Gasteiger partial charge in [0, 0.05) is 6.54 Å². The zero-order valence-corrected chi connectivity index (χ0v) is 10.1. The molecule has 98 valence electrons. The summed E-state index contributed by atoms with van der Waals surface area (Å²) in [6.45, 7) is 5.27. The molecule has 0 bridgehead atoms. The van der Waals surface area contributed by atoms with Crippen LogP contribution in [0.5, 0.6) is 0 Å². The zero-order valence-electron chi connectivity index (χ0n) is 10.1. The summed E-state index contributed by atoms with van der Waals surface area (Å²) >= 11 is 0. The first-order valence-electron chi connectivity index (χ1n) is 5.15. The van der Waals surface area contributed by atoms with Crippen LogP contribution in [-0.4, -0.2) is 41.8 Å². The predicted octanol–water partition coefficient (Wildman–Crippen LogP) is 0.100. The molecule has 0 aromatic rings. The van der Waals surface area contributed by atoms with Gasteiger partial charge in [0.15, 0.2) is 0 Å². The van der Waals surface area contributed by atoms with Gasteiger partial charge in [-0.25, -0.2) is 9.59 Å². The lowest BCUT2D eigenvalue weighted by Gasteiger charge is -2.20. The second kappa shape index (κ2) is 6.72. The van der Waals surface area contributed by atoms with Crippen LogP contribution < -0.4 is 10.6 Å². The number of alkyl carbamates (subject to hydrolysis) is 1. The molecule has 0 aliphatic rings. The Morgan fingerprint density at radius 1 is 1.41 bits per heavy atom. The highest BCUT2D eigenvalue weighted by Gasteiger charge is 2.18. The van der Waals surface area contributed by atoms with E-state index in [2.05, 4.69) is 10.6 Å². The maximum absolute atomic E-state index is 11.2. The maximum Gasteiger partial charge on any atom is 0.407 e. The highest BCUT2D eigenvalue weighted by molar-refractivity contribution is 5.76. The van der Waals surface area contributed by atoms with Gasteiger partial charge in [-0.15, -0.1) is 0 Å². The molecule has 0 aromatic carbocycles. The second-order valence-corrected chi connectivity index (χ2v) is 4.39. The first-order chi connectivity index (χ1) is 7.76. The molecule has 0 heterocycles. The van der Waals surface area contributed by atoms with Crippen LogP contribution in [0.15, 0.2) is 0 Å². The van der Waals surface area contributed by atoms with E-state index in [1.54, 1.807) is 20.8 Å². The van der Waals surface area contributed by atoms with Crippen LogP contribution in [0, 0.1) is 0 Å². The fraction of sp³-hybridized carbons (Fsp3) is 0.700. The van der Waals surface area contributed by atoms with Crippen LogP contribution in [-0.2, 0) is 14.3 Å². The lowest BCUT2D eigenvalue weighted by atomic mass is 10.2. The van der Waals surface area contributed by atoms with Crippen molar-refractivity contribution in [2.24, 2.45) is 0 Å². The third-order valence-electron chi connectivity index (χ3n) is 1.67. The molecule has 7 heteroatoms. The number of hydrogen-bond acceptors (Lipinski definition) is 4. The summed E-state index contributed by atoms with van der Waals surface area (Å²) in [5, 5.41) is 13.2. The van der Waals surface area contributed by atoms with E-state index < -0.39 is 23.7 Å². The molecular formula is C10H18N2O5. The van der Waals surface area contributed by atoms with Crippen LogP contribution in [0.25, 0.3) is 0 Å². The first-order valence-corrected chi connectivity index (χ1v) is 5.15. The Hall–Kier alpha value is -1.79. The summed E-state index contributed by atoms with van der Waals surface area (Å²) in [6.07, 6.45) is -0.215. The molecular weight excluding hydrogens is 228 g/mol. The number of rotatable bonds is 6. The van der Waals surface area contributed by atoms with Crippen molar-refractivity contribution >= 4 is 18.5 Å². The van der Waals surface area contributed by atoms with Crippen LogP contribution in [0.1, 0.15) is 27.2 Å². The van der Waals surface area contributed by atoms with Crippen molar-refractivity contribution in [2.45, 2.75) is 38.8 Å². The van der Waals surface area contributed by atoms with Gasteiger partial charge in [-0.3, -0.25) is 4.79 Å². The standard InChI is InChI=1S/C10H18N2O5/c1-10(2,3)17-9(16)11-5-4-7(8(14)15)12-6-13/h6-7H,4-5H2,1-3H3,(H,11,16)(H,12,13)(H,14,15). The van der Waals surface area contributed by atoms with E-state index >= 15 is 0 Å². The van der Waals surface area contributed by atoms with Crippen molar-refractivity contribution in [1.82, 2.24) is 10.6 Å². The van der Waals surface area contributed by atoms with Crippen molar-refractivity contribution in [3.8, 4) is 0 Å². The molecule has 7 nitrogen and oxygen atoms in total. The molecule has 2 amide bonds. The van der Waals surface area contributed by atoms with Crippen LogP contribution in [0.2, 0.25) is 0 Å². The quantitative estimate of drug-likeness (QED) is 0.576. The minimum Gasteiger partial charge on any atom is -0.480 e. The van der Waals surface area contributed by atoms with E-state index in [0.717, 1.165) is 0 Å². The Labute approximate surface area is 99.5 Å². The Balaban J connectivity index is 3.92. The van der Waals surface area contributed by atoms with Crippen LogP contribution in [0.3, 0.4) is 0 Å². The van der Waals surface area contributed by atoms with E-state index in [0.29, 0.717) is 6.41 Å². The smallest absolute Gasteiger partial charge is 0.407 e. The predicted molar refractivity (Wildman–Crippen MR) is 59.5 cm³/mol. The summed E-state index contributed by atoms with van der Waals surface area (Å²) < 4.78 is 4.95. The van der Waals surface area contributed by atoms with Crippen molar-refractivity contribution in [3.05, 3.63) is 0 Å². The fourth-order valence-corrected chi connectivity index (χ4v) is 0.993. The lowest BCUT2D eigenvalue weighted by Crippen LogP contribution is -2.40. The molecule has 0 rings (SSSR count). The van der Waals surface area contributed by atoms with Gasteiger partial charge in [0.2, 0.25) is 6.41 Å². The number of nitrogens with one attached hydrogen (secondary N) is 2. The van der Waals surface area contributed by atoms with Gasteiger partial charge in [-0.1, -0.05) is 0 Å². The van der Waals surface area contributed by atoms with Gasteiger partial charge in [0.25, 0.3) is 0 Å². The van der Waals surface area contributed by atoms with Crippen molar-refractivity contribution in [3.63, 3.8) is 0 Å². The Kier molecular flexibility index (Phi) is 6.01. The summed E-state index contributed by atoms with van der Waals surface area (Å²) in [5.74, 6) is -1.15. The molecule has 3 N–H and O–H groups in total. The maximum atomic E-state index is 11.2. The highest BCUT2D eigenvalue weighted by Crippen LogP contribution is 2.06. The zero-order chi connectivity index (χ0) is 13.5. The topological polar surface area (TPSA) is 105 Å². The number of amides is 2. The number of carboxylic acids is 1. The molecule has 0 saturated heterocycles. The Bertz CT molecular complexity index is 285. The molecule has 17 heavy (non-hydrogen) atoms. The molecule has 1 atom stereocenters. The average molecular weight is 246 g/mol. The van der Waals surface area contributed by atoms with Gasteiger partial charge in [-0.2, -0.15) is 0 Å². The van der Waals surface area contributed by atoms with E-state index in [1.807, 2.05) is 0 Å². The second-order valence-electron chi connectivity index (χ2n) is 4.39. The SMILES string of the molecule is CC(C)(C)OC(=O)NCCC(NC=O)C(=O)O. The molecule has 0 aliphatic carbocycles. The van der Waals surface area contributed by atoms with Crippen LogP contribution >= 0.6 is 0 Å². The van der Waals surface area contributed by atoms with Gasteiger partial charge < -0.3 is 20.5 Å². The number of ether oxygens (including phenoxy) is 1. The van der Waals surface area contributed by atoms with E-state index in [-0.39, 0.29) is 13.0 Å². The van der Waals surface area contributed by atoms with Gasteiger partial charge >= 0.3 is 12.1 Å². The van der Waals surface area contributed by atoms with E-state index in [9.17, 15) is 14.4 Å². The molecule has 0 radical (unpaired) electrons. The summed E-state index contributed by atoms with van der Waals surface area (Å²) in [4.78, 5) is 31.9. The monoisotopic (exact) mass is 246 g/mol. The van der Waals surface area contributed by atoms with Gasteiger partial charge in [-0.05, 0) is 27.2 Å². The summed E-state index contributed by atoms with van der Waals surface area (Å²) in [5.41, 5.74) is -0.600. The average Bonchev–Trinajstić information content (AvgIpc) is 2.13. The van der Waals surface area contributed by atoms with Crippen LogP contribution in [0.4, 0.5) is 4.79 Å². The summed E-state index contributed by atoms with van der Waals surface area (Å²) in [7, 11) is 0. The van der Waals surface area contributed by atoms with Crippen molar-refractivity contribution < 1.29 is 24.2 Å². The highest BCUT2D eigenvalue weighted by atomic mass is 16.6. The Morgan fingerprint density at radius 3 is 2.41 bits per heavy atom.